The first-order valence-corrected chi connectivity index (χ1v) is 5.45. The molecule has 0 heterocycles. The third kappa shape index (κ3) is 3.18. The Kier molecular flexibility index (Phi) is 3.64. The van der Waals surface area contributed by atoms with Crippen LogP contribution in [-0.4, -0.2) is 17.2 Å². The second-order valence-electron chi connectivity index (χ2n) is 5.15. The summed E-state index contributed by atoms with van der Waals surface area (Å²) in [5.74, 6) is -2.43. The summed E-state index contributed by atoms with van der Waals surface area (Å²) in [6.45, 7) is 7.58. The van der Waals surface area contributed by atoms with Gasteiger partial charge in [-0.3, -0.25) is 0 Å². The minimum Gasteiger partial charge on any atom is -0.474 e. The number of alkyl halides is 2. The molecule has 3 nitrogen and oxygen atoms in total. The number of hydrogen-bond acceptors (Lipinski definition) is 2. The van der Waals surface area contributed by atoms with E-state index in [2.05, 4.69) is 4.74 Å². The predicted molar refractivity (Wildman–Crippen MR) is 63.1 cm³/mol. The number of ether oxygens (including phenoxy) is 1. The number of aryl methyl sites for hydroxylation is 1. The molecule has 0 saturated carbocycles. The summed E-state index contributed by atoms with van der Waals surface area (Å²) >= 11 is 0. The van der Waals surface area contributed by atoms with Crippen molar-refractivity contribution in [1.82, 2.24) is 0 Å². The third-order valence-electron chi connectivity index (χ3n) is 2.53. The Morgan fingerprint density at radius 3 is 2.22 bits per heavy atom. The third-order valence-corrected chi connectivity index (χ3v) is 2.53. The number of carbonyl (C=O) groups is 1. The smallest absolute Gasteiger partial charge is 0.474 e. The van der Waals surface area contributed by atoms with Gasteiger partial charge < -0.3 is 9.84 Å². The molecule has 0 amide bonds. The number of hydrogen-bond donors (Lipinski definition) is 1. The SMILES string of the molecule is Cc1cc(C(C)(C)C)ccc1OC(F)(F)C(=O)O. The lowest BCUT2D eigenvalue weighted by Crippen LogP contribution is -2.35. The summed E-state index contributed by atoms with van der Waals surface area (Å²) in [4.78, 5) is 10.3. The van der Waals surface area contributed by atoms with Gasteiger partial charge in [-0.15, -0.1) is 0 Å². The van der Waals surface area contributed by atoms with E-state index in [9.17, 15) is 13.6 Å². The van der Waals surface area contributed by atoms with Crippen molar-refractivity contribution in [1.29, 1.82) is 0 Å². The average Bonchev–Trinajstić information content (AvgIpc) is 2.19. The molecule has 0 radical (unpaired) electrons. The highest BCUT2D eigenvalue weighted by Gasteiger charge is 2.42. The van der Waals surface area contributed by atoms with Crippen LogP contribution in [0.1, 0.15) is 31.9 Å². The van der Waals surface area contributed by atoms with Crippen LogP contribution >= 0.6 is 0 Å². The van der Waals surface area contributed by atoms with E-state index < -0.39 is 12.1 Å². The van der Waals surface area contributed by atoms with E-state index >= 15 is 0 Å². The number of carboxylic acids is 1. The first-order chi connectivity index (χ1) is 8.04. The molecular weight excluding hydrogens is 242 g/mol. The molecule has 0 saturated heterocycles. The maximum atomic E-state index is 12.9. The van der Waals surface area contributed by atoms with Gasteiger partial charge in [0, 0.05) is 0 Å². The van der Waals surface area contributed by atoms with Crippen LogP contribution in [0, 0.1) is 6.92 Å². The van der Waals surface area contributed by atoms with Crippen molar-refractivity contribution in [3.63, 3.8) is 0 Å². The highest BCUT2D eigenvalue weighted by Crippen LogP contribution is 2.30. The van der Waals surface area contributed by atoms with E-state index in [4.69, 9.17) is 5.11 Å². The lowest BCUT2D eigenvalue weighted by atomic mass is 9.86. The van der Waals surface area contributed by atoms with Crippen LogP contribution in [0.4, 0.5) is 8.78 Å². The second-order valence-corrected chi connectivity index (χ2v) is 5.15. The van der Waals surface area contributed by atoms with Crippen LogP contribution in [0.15, 0.2) is 18.2 Å². The van der Waals surface area contributed by atoms with Crippen molar-refractivity contribution in [2.75, 3.05) is 0 Å². The highest BCUT2D eigenvalue weighted by molar-refractivity contribution is 5.74. The minimum atomic E-state index is -4.21. The van der Waals surface area contributed by atoms with E-state index in [0.717, 1.165) is 5.56 Å². The van der Waals surface area contributed by atoms with Gasteiger partial charge in [0.25, 0.3) is 0 Å². The van der Waals surface area contributed by atoms with Gasteiger partial charge in [0.2, 0.25) is 0 Å². The Balaban J connectivity index is 3.04. The zero-order chi connectivity index (χ0) is 14.1. The van der Waals surface area contributed by atoms with Crippen molar-refractivity contribution >= 4 is 5.97 Å². The Labute approximate surface area is 104 Å². The summed E-state index contributed by atoms with van der Waals surface area (Å²) in [7, 11) is 0. The van der Waals surface area contributed by atoms with Gasteiger partial charge in [0.15, 0.2) is 0 Å². The van der Waals surface area contributed by atoms with Gasteiger partial charge in [-0.05, 0) is 29.5 Å². The Morgan fingerprint density at radius 1 is 1.28 bits per heavy atom. The highest BCUT2D eigenvalue weighted by atomic mass is 19.3. The van der Waals surface area contributed by atoms with E-state index in [-0.39, 0.29) is 11.2 Å². The van der Waals surface area contributed by atoms with Gasteiger partial charge in [-0.25, -0.2) is 4.79 Å². The van der Waals surface area contributed by atoms with Crippen molar-refractivity contribution in [3.8, 4) is 5.75 Å². The van der Waals surface area contributed by atoms with E-state index in [1.807, 2.05) is 20.8 Å². The monoisotopic (exact) mass is 258 g/mol. The van der Waals surface area contributed by atoms with Crippen LogP contribution in [0.25, 0.3) is 0 Å². The molecule has 18 heavy (non-hydrogen) atoms. The molecule has 0 spiro atoms. The van der Waals surface area contributed by atoms with Crippen LogP contribution in [0.2, 0.25) is 0 Å². The zero-order valence-corrected chi connectivity index (χ0v) is 10.8. The average molecular weight is 258 g/mol. The molecular formula is C13H16F2O3. The first kappa shape index (κ1) is 14.4. The predicted octanol–water partition coefficient (Wildman–Crippen LogP) is 3.35. The Hall–Kier alpha value is -1.65. The largest absolute Gasteiger partial charge is 0.501 e. The zero-order valence-electron chi connectivity index (χ0n) is 10.8. The molecule has 0 fully saturated rings. The summed E-state index contributed by atoms with van der Waals surface area (Å²) in [5, 5.41) is 8.30. The molecule has 1 rings (SSSR count). The fourth-order valence-corrected chi connectivity index (χ4v) is 1.41. The minimum absolute atomic E-state index is 0.112. The maximum absolute atomic E-state index is 12.9. The summed E-state index contributed by atoms with van der Waals surface area (Å²) in [5.41, 5.74) is 1.33. The van der Waals surface area contributed by atoms with Crippen LogP contribution < -0.4 is 4.74 Å². The van der Waals surface area contributed by atoms with Crippen molar-refractivity contribution in [2.24, 2.45) is 0 Å². The molecule has 0 bridgehead atoms. The van der Waals surface area contributed by atoms with E-state index in [0.29, 0.717) is 5.56 Å². The molecule has 0 atom stereocenters. The normalized spacial score (nSPS) is 12.3. The second kappa shape index (κ2) is 4.55. The number of benzene rings is 1. The van der Waals surface area contributed by atoms with Crippen molar-refractivity contribution in [3.05, 3.63) is 29.3 Å². The fraction of sp³-hybridized carbons (Fsp3) is 0.462. The number of halogens is 2. The summed E-state index contributed by atoms with van der Waals surface area (Å²) in [6, 6.07) is 4.74. The molecule has 1 aromatic rings. The quantitative estimate of drug-likeness (QED) is 0.904. The molecule has 0 aromatic heterocycles. The number of carboxylic acid groups (broad SMARTS) is 1. The molecule has 0 unspecified atom stereocenters. The molecule has 0 aliphatic carbocycles. The van der Waals surface area contributed by atoms with E-state index in [1.165, 1.54) is 6.07 Å². The molecule has 1 N–H and O–H groups in total. The van der Waals surface area contributed by atoms with Crippen LogP contribution in [0.3, 0.4) is 0 Å². The molecule has 5 heteroatoms. The lowest BCUT2D eigenvalue weighted by Gasteiger charge is -2.21. The van der Waals surface area contributed by atoms with Crippen LogP contribution in [0.5, 0.6) is 5.75 Å². The molecule has 0 aliphatic rings. The van der Waals surface area contributed by atoms with Crippen LogP contribution in [-0.2, 0) is 10.2 Å². The van der Waals surface area contributed by atoms with Gasteiger partial charge in [-0.1, -0.05) is 32.9 Å². The van der Waals surface area contributed by atoms with Gasteiger partial charge in [0.1, 0.15) is 5.75 Å². The topological polar surface area (TPSA) is 46.5 Å². The van der Waals surface area contributed by atoms with Gasteiger partial charge >= 0.3 is 12.1 Å². The maximum Gasteiger partial charge on any atom is 0.501 e. The first-order valence-electron chi connectivity index (χ1n) is 5.45. The van der Waals surface area contributed by atoms with E-state index in [1.54, 1.807) is 19.1 Å². The molecule has 0 aliphatic heterocycles. The number of aliphatic carboxylic acids is 1. The van der Waals surface area contributed by atoms with Gasteiger partial charge in [0.05, 0.1) is 0 Å². The Bertz CT molecular complexity index is 462. The number of rotatable bonds is 3. The standard InChI is InChI=1S/C13H16F2O3/c1-8-7-9(12(2,3)4)5-6-10(8)18-13(14,15)11(16)17/h5-7H,1-4H3,(H,16,17). The Morgan fingerprint density at radius 2 is 1.83 bits per heavy atom. The van der Waals surface area contributed by atoms with Crippen molar-refractivity contribution in [2.45, 2.75) is 39.2 Å². The van der Waals surface area contributed by atoms with Gasteiger partial charge in [-0.2, -0.15) is 8.78 Å². The summed E-state index contributed by atoms with van der Waals surface area (Å²) < 4.78 is 30.1. The molecule has 1 aromatic carbocycles. The lowest BCUT2D eigenvalue weighted by molar-refractivity contribution is -0.211. The molecule has 100 valence electrons. The summed E-state index contributed by atoms with van der Waals surface area (Å²) in [6.07, 6.45) is -4.21. The van der Waals surface area contributed by atoms with Crippen molar-refractivity contribution < 1.29 is 23.4 Å². The fourth-order valence-electron chi connectivity index (χ4n) is 1.41.